The maximum atomic E-state index is 3.50. The summed E-state index contributed by atoms with van der Waals surface area (Å²) in [6, 6.07) is 17.2. The van der Waals surface area contributed by atoms with E-state index >= 15 is 0 Å². The summed E-state index contributed by atoms with van der Waals surface area (Å²) in [5.41, 5.74) is 2.64. The molecule has 0 aliphatic carbocycles. The van der Waals surface area contributed by atoms with E-state index in [0.29, 0.717) is 0 Å². The lowest BCUT2D eigenvalue weighted by molar-refractivity contribution is 1.08. The maximum Gasteiger partial charge on any atom is 0.119 e. The van der Waals surface area contributed by atoms with Crippen molar-refractivity contribution in [3.8, 4) is 0 Å². The SMILES string of the molecule is Brc1ccc(C2(c3ccc(Br)cc3)SC=CS2)cc1. The van der Waals surface area contributed by atoms with Crippen molar-refractivity contribution >= 4 is 55.4 Å². The molecule has 96 valence electrons. The summed E-state index contributed by atoms with van der Waals surface area (Å²) in [7, 11) is 0. The molecule has 2 aromatic rings. The minimum absolute atomic E-state index is 0.0542. The highest BCUT2D eigenvalue weighted by molar-refractivity contribution is 9.10. The lowest BCUT2D eigenvalue weighted by atomic mass is 10.0. The molecule has 0 saturated carbocycles. The van der Waals surface area contributed by atoms with Crippen molar-refractivity contribution in [3.05, 3.63) is 79.4 Å². The second kappa shape index (κ2) is 5.68. The molecule has 0 fully saturated rings. The Morgan fingerprint density at radius 1 is 0.632 bits per heavy atom. The number of halogens is 2. The first-order chi connectivity index (χ1) is 9.21. The Balaban J connectivity index is 2.09. The molecular formula is C15H10Br2S2. The van der Waals surface area contributed by atoms with Gasteiger partial charge in [0.1, 0.15) is 4.08 Å². The Morgan fingerprint density at radius 3 is 1.37 bits per heavy atom. The summed E-state index contributed by atoms with van der Waals surface area (Å²) in [5, 5.41) is 4.35. The Hall–Kier alpha value is -0.160. The van der Waals surface area contributed by atoms with Crippen LogP contribution in [-0.4, -0.2) is 0 Å². The highest BCUT2D eigenvalue weighted by Gasteiger charge is 2.37. The Labute approximate surface area is 138 Å². The van der Waals surface area contributed by atoms with Crippen molar-refractivity contribution in [2.45, 2.75) is 4.08 Å². The van der Waals surface area contributed by atoms with Crippen LogP contribution in [0.1, 0.15) is 11.1 Å². The molecule has 0 saturated heterocycles. The molecule has 0 bridgehead atoms. The normalized spacial score (nSPS) is 16.7. The number of hydrogen-bond acceptors (Lipinski definition) is 2. The van der Waals surface area contributed by atoms with Gasteiger partial charge in [-0.15, -0.1) is 23.5 Å². The van der Waals surface area contributed by atoms with Gasteiger partial charge >= 0.3 is 0 Å². The van der Waals surface area contributed by atoms with Crippen molar-refractivity contribution in [1.29, 1.82) is 0 Å². The van der Waals surface area contributed by atoms with Gasteiger partial charge in [0.05, 0.1) is 0 Å². The number of thioether (sulfide) groups is 2. The van der Waals surface area contributed by atoms with Crippen LogP contribution in [0, 0.1) is 0 Å². The molecular weight excluding hydrogens is 404 g/mol. The van der Waals surface area contributed by atoms with E-state index in [9.17, 15) is 0 Å². The van der Waals surface area contributed by atoms with Gasteiger partial charge in [-0.2, -0.15) is 0 Å². The van der Waals surface area contributed by atoms with Gasteiger partial charge in [-0.05, 0) is 46.2 Å². The fourth-order valence-corrected chi connectivity index (χ4v) is 5.05. The third-order valence-electron chi connectivity index (χ3n) is 2.97. The lowest BCUT2D eigenvalue weighted by Crippen LogP contribution is -2.16. The van der Waals surface area contributed by atoms with Crippen molar-refractivity contribution < 1.29 is 0 Å². The van der Waals surface area contributed by atoms with Gasteiger partial charge in [-0.1, -0.05) is 56.1 Å². The predicted octanol–water partition coefficient (Wildman–Crippen LogP) is 6.36. The topological polar surface area (TPSA) is 0 Å². The first-order valence-corrected chi connectivity index (χ1v) is 9.08. The van der Waals surface area contributed by atoms with E-state index in [4.69, 9.17) is 0 Å². The van der Waals surface area contributed by atoms with Crippen molar-refractivity contribution in [3.63, 3.8) is 0 Å². The van der Waals surface area contributed by atoms with E-state index in [-0.39, 0.29) is 4.08 Å². The zero-order valence-corrected chi connectivity index (χ0v) is 14.7. The molecule has 0 spiro atoms. The molecule has 0 amide bonds. The van der Waals surface area contributed by atoms with E-state index in [1.54, 1.807) is 0 Å². The molecule has 0 unspecified atom stereocenters. The molecule has 1 aliphatic heterocycles. The molecule has 19 heavy (non-hydrogen) atoms. The molecule has 1 aliphatic rings. The molecule has 3 rings (SSSR count). The average Bonchev–Trinajstić information content (AvgIpc) is 2.91. The van der Waals surface area contributed by atoms with E-state index in [1.165, 1.54) is 11.1 Å². The van der Waals surface area contributed by atoms with Crippen LogP contribution in [0.4, 0.5) is 0 Å². The van der Waals surface area contributed by atoms with Crippen molar-refractivity contribution in [2.75, 3.05) is 0 Å². The summed E-state index contributed by atoms with van der Waals surface area (Å²) >= 11 is 10.7. The van der Waals surface area contributed by atoms with Crippen LogP contribution >= 0.6 is 55.4 Å². The van der Waals surface area contributed by atoms with E-state index < -0.39 is 0 Å². The highest BCUT2D eigenvalue weighted by atomic mass is 79.9. The van der Waals surface area contributed by atoms with Crippen LogP contribution in [0.2, 0.25) is 0 Å². The summed E-state index contributed by atoms with van der Waals surface area (Å²) in [5.74, 6) is 0. The van der Waals surface area contributed by atoms with Crippen LogP contribution in [0.5, 0.6) is 0 Å². The third-order valence-corrected chi connectivity index (χ3v) is 6.93. The van der Waals surface area contributed by atoms with Crippen molar-refractivity contribution in [1.82, 2.24) is 0 Å². The maximum absolute atomic E-state index is 3.50. The Bertz CT molecular complexity index is 548. The zero-order chi connectivity index (χ0) is 13.3. The Morgan fingerprint density at radius 2 is 1.00 bits per heavy atom. The van der Waals surface area contributed by atoms with Gasteiger partial charge in [-0.25, -0.2) is 0 Å². The fourth-order valence-electron chi connectivity index (χ4n) is 2.05. The minimum Gasteiger partial charge on any atom is -0.106 e. The number of rotatable bonds is 2. The molecule has 4 heteroatoms. The quantitative estimate of drug-likeness (QED) is 0.561. The van der Waals surface area contributed by atoms with Crippen LogP contribution in [0.15, 0.2) is 68.3 Å². The third kappa shape index (κ3) is 2.68. The lowest BCUT2D eigenvalue weighted by Gasteiger charge is -2.28. The fraction of sp³-hybridized carbons (Fsp3) is 0.0667. The zero-order valence-electron chi connectivity index (χ0n) is 9.85. The van der Waals surface area contributed by atoms with Gasteiger partial charge < -0.3 is 0 Å². The number of benzene rings is 2. The summed E-state index contributed by atoms with van der Waals surface area (Å²) in [6.45, 7) is 0. The van der Waals surface area contributed by atoms with Gasteiger partial charge in [0.15, 0.2) is 0 Å². The van der Waals surface area contributed by atoms with Gasteiger partial charge in [0.2, 0.25) is 0 Å². The average molecular weight is 414 g/mol. The predicted molar refractivity (Wildman–Crippen MR) is 93.4 cm³/mol. The number of hydrogen-bond donors (Lipinski definition) is 0. The van der Waals surface area contributed by atoms with E-state index in [0.717, 1.165) is 8.95 Å². The van der Waals surface area contributed by atoms with E-state index in [1.807, 2.05) is 23.5 Å². The first kappa shape index (κ1) is 13.8. The smallest absolute Gasteiger partial charge is 0.106 e. The van der Waals surface area contributed by atoms with Gasteiger partial charge in [-0.3, -0.25) is 0 Å². The highest BCUT2D eigenvalue weighted by Crippen LogP contribution is 2.57. The molecule has 2 aromatic carbocycles. The van der Waals surface area contributed by atoms with Crippen LogP contribution < -0.4 is 0 Å². The second-order valence-electron chi connectivity index (χ2n) is 4.14. The Kier molecular flexibility index (Phi) is 4.13. The first-order valence-electron chi connectivity index (χ1n) is 5.73. The summed E-state index contributed by atoms with van der Waals surface area (Å²) in [4.78, 5) is 0. The molecule has 0 aromatic heterocycles. The molecule has 0 N–H and O–H groups in total. The van der Waals surface area contributed by atoms with Gasteiger partial charge in [0.25, 0.3) is 0 Å². The molecule has 1 heterocycles. The van der Waals surface area contributed by atoms with Crippen LogP contribution in [0.25, 0.3) is 0 Å². The minimum atomic E-state index is -0.0542. The summed E-state index contributed by atoms with van der Waals surface area (Å²) in [6.07, 6.45) is 0. The largest absolute Gasteiger partial charge is 0.119 e. The van der Waals surface area contributed by atoms with E-state index in [2.05, 4.69) is 91.2 Å². The second-order valence-corrected chi connectivity index (χ2v) is 8.47. The monoisotopic (exact) mass is 412 g/mol. The van der Waals surface area contributed by atoms with Crippen molar-refractivity contribution in [2.24, 2.45) is 0 Å². The molecule has 0 atom stereocenters. The molecule has 0 radical (unpaired) electrons. The standard InChI is InChI=1S/C15H10Br2S2/c16-13-5-1-11(2-6-13)15(18-9-10-19-15)12-3-7-14(17)8-4-12/h1-10H. The van der Waals surface area contributed by atoms with Crippen LogP contribution in [0.3, 0.4) is 0 Å². The summed E-state index contributed by atoms with van der Waals surface area (Å²) < 4.78 is 2.17. The van der Waals surface area contributed by atoms with Gasteiger partial charge in [0, 0.05) is 8.95 Å². The molecule has 0 nitrogen and oxygen atoms in total. The van der Waals surface area contributed by atoms with Crippen LogP contribution in [-0.2, 0) is 4.08 Å².